The number of aromatic amines is 1. The summed E-state index contributed by atoms with van der Waals surface area (Å²) < 4.78 is 4.23. The molecule has 0 bridgehead atoms. The number of rotatable bonds is 6. The van der Waals surface area contributed by atoms with E-state index in [1.165, 1.54) is 0 Å². The van der Waals surface area contributed by atoms with Crippen molar-refractivity contribution in [2.45, 2.75) is 26.4 Å². The zero-order valence-electron chi connectivity index (χ0n) is 16.0. The average Bonchev–Trinajstić information content (AvgIpc) is 3.45. The Kier molecular flexibility index (Phi) is 5.41. The molecule has 4 aromatic rings. The van der Waals surface area contributed by atoms with E-state index in [2.05, 4.69) is 25.1 Å². The highest BCUT2D eigenvalue weighted by molar-refractivity contribution is 7.71. The summed E-state index contributed by atoms with van der Waals surface area (Å²) in [5, 5.41) is 12.0. The number of benzene rings is 1. The SMILES string of the molecule is Cc1nccn1Cc1ccc(NC(=O)C(C)n2c(-c3cccs3)n[nH]c2=S)cc1. The van der Waals surface area contributed by atoms with Crippen LogP contribution in [-0.2, 0) is 11.3 Å². The molecule has 7 nitrogen and oxygen atoms in total. The van der Waals surface area contributed by atoms with Crippen LogP contribution >= 0.6 is 23.6 Å². The molecule has 2 N–H and O–H groups in total. The summed E-state index contributed by atoms with van der Waals surface area (Å²) >= 11 is 6.90. The van der Waals surface area contributed by atoms with Crippen LogP contribution in [0, 0.1) is 11.7 Å². The molecule has 3 heterocycles. The van der Waals surface area contributed by atoms with Crippen molar-refractivity contribution < 1.29 is 4.79 Å². The molecule has 1 aromatic carbocycles. The topological polar surface area (TPSA) is 80.5 Å². The molecule has 0 spiro atoms. The van der Waals surface area contributed by atoms with Crippen molar-refractivity contribution in [1.82, 2.24) is 24.3 Å². The fraction of sp³-hybridized carbons (Fsp3) is 0.200. The van der Waals surface area contributed by atoms with Crippen LogP contribution < -0.4 is 5.32 Å². The Bertz CT molecular complexity index is 1170. The van der Waals surface area contributed by atoms with Crippen LogP contribution in [0.25, 0.3) is 10.7 Å². The first-order valence-corrected chi connectivity index (χ1v) is 10.4. The molecule has 3 aromatic heterocycles. The van der Waals surface area contributed by atoms with E-state index < -0.39 is 6.04 Å². The van der Waals surface area contributed by atoms with Gasteiger partial charge in [-0.2, -0.15) is 5.10 Å². The number of H-pyrrole nitrogens is 1. The van der Waals surface area contributed by atoms with Gasteiger partial charge < -0.3 is 9.88 Å². The van der Waals surface area contributed by atoms with Crippen LogP contribution in [0.15, 0.2) is 54.2 Å². The van der Waals surface area contributed by atoms with E-state index in [-0.39, 0.29) is 5.91 Å². The molecule has 29 heavy (non-hydrogen) atoms. The Labute approximate surface area is 177 Å². The first-order chi connectivity index (χ1) is 14.0. The summed E-state index contributed by atoms with van der Waals surface area (Å²) in [4.78, 5) is 18.0. The highest BCUT2D eigenvalue weighted by Crippen LogP contribution is 2.26. The number of nitrogens with one attached hydrogen (secondary N) is 2. The van der Waals surface area contributed by atoms with Gasteiger partial charge in [0.05, 0.1) is 4.88 Å². The second kappa shape index (κ2) is 8.14. The number of aryl methyl sites for hydroxylation is 1. The average molecular weight is 425 g/mol. The van der Waals surface area contributed by atoms with Crippen molar-refractivity contribution in [2.24, 2.45) is 0 Å². The van der Waals surface area contributed by atoms with Gasteiger partial charge in [-0.15, -0.1) is 11.3 Å². The molecule has 1 unspecified atom stereocenters. The Morgan fingerprint density at radius 1 is 1.31 bits per heavy atom. The molecule has 4 rings (SSSR count). The number of amides is 1. The van der Waals surface area contributed by atoms with Gasteiger partial charge in [-0.3, -0.25) is 14.5 Å². The van der Waals surface area contributed by atoms with E-state index in [0.717, 1.165) is 28.5 Å². The molecule has 0 aliphatic rings. The molecule has 1 atom stereocenters. The summed E-state index contributed by atoms with van der Waals surface area (Å²) in [5.74, 6) is 1.48. The first-order valence-electron chi connectivity index (χ1n) is 9.11. The second-order valence-corrected chi connectivity index (χ2v) is 8.00. The minimum Gasteiger partial charge on any atom is -0.331 e. The summed E-state index contributed by atoms with van der Waals surface area (Å²) in [6.07, 6.45) is 3.74. The summed E-state index contributed by atoms with van der Waals surface area (Å²) in [5.41, 5.74) is 1.87. The van der Waals surface area contributed by atoms with Crippen LogP contribution in [0.2, 0.25) is 0 Å². The largest absolute Gasteiger partial charge is 0.331 e. The van der Waals surface area contributed by atoms with Gasteiger partial charge in [0.2, 0.25) is 5.91 Å². The lowest BCUT2D eigenvalue weighted by atomic mass is 10.2. The summed E-state index contributed by atoms with van der Waals surface area (Å²) in [6, 6.07) is 11.2. The van der Waals surface area contributed by atoms with Gasteiger partial charge in [-0.1, -0.05) is 18.2 Å². The normalized spacial score (nSPS) is 12.1. The maximum atomic E-state index is 12.8. The summed E-state index contributed by atoms with van der Waals surface area (Å²) in [7, 11) is 0. The molecule has 9 heteroatoms. The molecule has 0 radical (unpaired) electrons. The van der Waals surface area contributed by atoms with Crippen molar-refractivity contribution >= 4 is 35.1 Å². The third-order valence-electron chi connectivity index (χ3n) is 4.71. The van der Waals surface area contributed by atoms with Crippen LogP contribution in [0.1, 0.15) is 24.4 Å². The predicted octanol–water partition coefficient (Wildman–Crippen LogP) is 4.42. The number of carbonyl (C=O) groups excluding carboxylic acids is 1. The zero-order chi connectivity index (χ0) is 20.4. The standard InChI is InChI=1S/C20H20N6OS2/c1-13(26-18(23-24-20(26)28)17-4-3-11-29-17)19(27)22-16-7-5-15(6-8-16)12-25-10-9-21-14(25)2/h3-11,13H,12H2,1-2H3,(H,22,27)(H,24,28). The van der Waals surface area contributed by atoms with Gasteiger partial charge in [0.25, 0.3) is 0 Å². The number of carbonyl (C=O) groups is 1. The minimum absolute atomic E-state index is 0.154. The Balaban J connectivity index is 1.48. The number of imidazole rings is 1. The van der Waals surface area contributed by atoms with Crippen molar-refractivity contribution in [1.29, 1.82) is 0 Å². The van der Waals surface area contributed by atoms with E-state index in [4.69, 9.17) is 12.2 Å². The number of thiophene rings is 1. The number of nitrogens with zero attached hydrogens (tertiary/aromatic N) is 4. The van der Waals surface area contributed by atoms with Crippen LogP contribution in [0.3, 0.4) is 0 Å². The predicted molar refractivity (Wildman–Crippen MR) is 117 cm³/mol. The smallest absolute Gasteiger partial charge is 0.247 e. The second-order valence-electron chi connectivity index (χ2n) is 6.66. The Morgan fingerprint density at radius 2 is 2.10 bits per heavy atom. The third kappa shape index (κ3) is 4.06. The van der Waals surface area contributed by atoms with Crippen molar-refractivity contribution in [3.8, 4) is 10.7 Å². The molecule has 148 valence electrons. The molecule has 0 saturated carbocycles. The molecular weight excluding hydrogens is 404 g/mol. The van der Waals surface area contributed by atoms with E-state index >= 15 is 0 Å². The van der Waals surface area contributed by atoms with Crippen molar-refractivity contribution in [3.05, 3.63) is 70.3 Å². The fourth-order valence-corrected chi connectivity index (χ4v) is 4.07. The molecule has 0 aliphatic carbocycles. The molecule has 0 aliphatic heterocycles. The Hall–Kier alpha value is -3.04. The first kappa shape index (κ1) is 19.3. The van der Waals surface area contributed by atoms with Gasteiger partial charge in [-0.25, -0.2) is 4.98 Å². The van der Waals surface area contributed by atoms with Gasteiger partial charge in [0.1, 0.15) is 11.9 Å². The Morgan fingerprint density at radius 3 is 2.76 bits per heavy atom. The van der Waals surface area contributed by atoms with Crippen LogP contribution in [0.5, 0.6) is 0 Å². The minimum atomic E-state index is -0.508. The van der Waals surface area contributed by atoms with Crippen LogP contribution in [0.4, 0.5) is 5.69 Å². The fourth-order valence-electron chi connectivity index (χ4n) is 3.07. The number of hydrogen-bond acceptors (Lipinski definition) is 5. The van der Waals surface area contributed by atoms with Gasteiger partial charge in [0.15, 0.2) is 10.6 Å². The van der Waals surface area contributed by atoms with E-state index in [9.17, 15) is 4.79 Å². The van der Waals surface area contributed by atoms with E-state index in [1.54, 1.807) is 22.1 Å². The number of aromatic nitrogens is 5. The van der Waals surface area contributed by atoms with E-state index in [0.29, 0.717) is 10.6 Å². The monoisotopic (exact) mass is 424 g/mol. The van der Waals surface area contributed by atoms with E-state index in [1.807, 2.05) is 61.8 Å². The zero-order valence-corrected chi connectivity index (χ0v) is 17.6. The molecule has 1 amide bonds. The molecule has 0 fully saturated rings. The molecule has 0 saturated heterocycles. The molecular formula is C20H20N6OS2. The highest BCUT2D eigenvalue weighted by Gasteiger charge is 2.21. The van der Waals surface area contributed by atoms with Gasteiger partial charge in [0, 0.05) is 24.6 Å². The van der Waals surface area contributed by atoms with Crippen LogP contribution in [-0.4, -0.2) is 30.2 Å². The highest BCUT2D eigenvalue weighted by atomic mass is 32.1. The maximum Gasteiger partial charge on any atom is 0.247 e. The maximum absolute atomic E-state index is 12.8. The lowest BCUT2D eigenvalue weighted by Gasteiger charge is -2.15. The van der Waals surface area contributed by atoms with Gasteiger partial charge in [-0.05, 0) is 55.2 Å². The lowest BCUT2D eigenvalue weighted by molar-refractivity contribution is -0.118. The lowest BCUT2D eigenvalue weighted by Crippen LogP contribution is -2.24. The third-order valence-corrected chi connectivity index (χ3v) is 5.86. The number of anilines is 1. The van der Waals surface area contributed by atoms with Gasteiger partial charge >= 0.3 is 0 Å². The van der Waals surface area contributed by atoms with Crippen molar-refractivity contribution in [2.75, 3.05) is 5.32 Å². The quantitative estimate of drug-likeness (QED) is 0.449. The number of hydrogen-bond donors (Lipinski definition) is 2. The summed E-state index contributed by atoms with van der Waals surface area (Å²) in [6.45, 7) is 4.53. The van der Waals surface area contributed by atoms with Crippen molar-refractivity contribution in [3.63, 3.8) is 0 Å².